The lowest BCUT2D eigenvalue weighted by Gasteiger charge is -2.41. The van der Waals surface area contributed by atoms with E-state index in [1.807, 2.05) is 0 Å². The summed E-state index contributed by atoms with van der Waals surface area (Å²) in [6.07, 6.45) is 11.9. The maximum Gasteiger partial charge on any atom is 0.0672 e. The Morgan fingerprint density at radius 1 is 1.00 bits per heavy atom. The highest BCUT2D eigenvalue weighted by Gasteiger charge is 2.34. The number of rotatable bonds is 2. The Labute approximate surface area is 112 Å². The van der Waals surface area contributed by atoms with Crippen molar-refractivity contribution >= 4 is 0 Å². The molecule has 102 valence electrons. The number of hydrogen-bond donors (Lipinski definition) is 0. The van der Waals surface area contributed by atoms with Crippen LogP contribution in [-0.2, 0) is 0 Å². The molecule has 2 saturated carbocycles. The van der Waals surface area contributed by atoms with Crippen molar-refractivity contribution in [3.8, 4) is 6.07 Å². The first kappa shape index (κ1) is 13.9. The zero-order chi connectivity index (χ0) is 13.0. The first-order valence-corrected chi connectivity index (χ1v) is 7.84. The van der Waals surface area contributed by atoms with Crippen LogP contribution in [0.5, 0.6) is 0 Å². The Hall–Kier alpha value is -0.550. The molecule has 0 aromatic carbocycles. The van der Waals surface area contributed by atoms with Gasteiger partial charge in [0.2, 0.25) is 0 Å². The molecule has 18 heavy (non-hydrogen) atoms. The fourth-order valence-corrected chi connectivity index (χ4v) is 3.89. The summed E-state index contributed by atoms with van der Waals surface area (Å²) in [5.41, 5.74) is 0. The molecule has 0 aromatic heterocycles. The molecule has 2 rings (SSSR count). The summed E-state index contributed by atoms with van der Waals surface area (Å²) in [4.78, 5) is 2.58. The second kappa shape index (κ2) is 6.57. The largest absolute Gasteiger partial charge is 0.299 e. The van der Waals surface area contributed by atoms with E-state index in [-0.39, 0.29) is 5.92 Å². The van der Waals surface area contributed by atoms with Crippen LogP contribution in [0, 0.1) is 23.2 Å². The predicted molar refractivity (Wildman–Crippen MR) is 75.2 cm³/mol. The van der Waals surface area contributed by atoms with Crippen molar-refractivity contribution in [1.82, 2.24) is 4.90 Å². The van der Waals surface area contributed by atoms with Crippen LogP contribution in [0.1, 0.15) is 64.7 Å². The zero-order valence-corrected chi connectivity index (χ0v) is 12.1. The minimum Gasteiger partial charge on any atom is -0.299 e. The smallest absolute Gasteiger partial charge is 0.0672 e. The third-order valence-corrected chi connectivity index (χ3v) is 5.17. The summed E-state index contributed by atoms with van der Waals surface area (Å²) < 4.78 is 0. The Morgan fingerprint density at radius 2 is 1.67 bits per heavy atom. The second-order valence-electron chi connectivity index (χ2n) is 6.53. The Morgan fingerprint density at radius 3 is 2.28 bits per heavy atom. The standard InChI is InChI=1S/C16H28N2/c1-13-9-10-14(12-17)16(11-13)18(2)15-7-5-3-4-6-8-15/h13-16H,3-11H2,1-2H3. The van der Waals surface area contributed by atoms with Crippen LogP contribution < -0.4 is 0 Å². The lowest BCUT2D eigenvalue weighted by molar-refractivity contribution is 0.0836. The van der Waals surface area contributed by atoms with E-state index in [9.17, 15) is 5.26 Å². The molecule has 0 spiro atoms. The topological polar surface area (TPSA) is 27.0 Å². The molecular weight excluding hydrogens is 220 g/mol. The van der Waals surface area contributed by atoms with Gasteiger partial charge < -0.3 is 0 Å². The van der Waals surface area contributed by atoms with E-state index in [4.69, 9.17) is 0 Å². The SMILES string of the molecule is CC1CCC(C#N)C(N(C)C2CCCCCC2)C1. The Bertz CT molecular complexity index is 286. The van der Waals surface area contributed by atoms with E-state index in [0.29, 0.717) is 6.04 Å². The van der Waals surface area contributed by atoms with Gasteiger partial charge in [0.25, 0.3) is 0 Å². The molecule has 0 bridgehead atoms. The summed E-state index contributed by atoms with van der Waals surface area (Å²) in [5.74, 6) is 1.07. The molecule has 3 unspecified atom stereocenters. The monoisotopic (exact) mass is 248 g/mol. The van der Waals surface area contributed by atoms with Crippen molar-refractivity contribution in [2.75, 3.05) is 7.05 Å². The van der Waals surface area contributed by atoms with Gasteiger partial charge in [0.15, 0.2) is 0 Å². The van der Waals surface area contributed by atoms with Crippen molar-refractivity contribution in [1.29, 1.82) is 5.26 Å². The summed E-state index contributed by atoms with van der Waals surface area (Å²) >= 11 is 0. The minimum atomic E-state index is 0.273. The average molecular weight is 248 g/mol. The van der Waals surface area contributed by atoms with Crippen LogP contribution in [-0.4, -0.2) is 24.0 Å². The van der Waals surface area contributed by atoms with Gasteiger partial charge in [-0.25, -0.2) is 0 Å². The van der Waals surface area contributed by atoms with Crippen LogP contribution in [0.2, 0.25) is 0 Å². The van der Waals surface area contributed by atoms with E-state index < -0.39 is 0 Å². The summed E-state index contributed by atoms with van der Waals surface area (Å²) in [5, 5.41) is 9.37. The van der Waals surface area contributed by atoms with Gasteiger partial charge >= 0.3 is 0 Å². The first-order valence-electron chi connectivity index (χ1n) is 7.84. The predicted octanol–water partition coefficient (Wildman–Crippen LogP) is 3.97. The maximum absolute atomic E-state index is 9.37. The molecular formula is C16H28N2. The van der Waals surface area contributed by atoms with Crippen molar-refractivity contribution in [3.05, 3.63) is 0 Å². The lowest BCUT2D eigenvalue weighted by Crippen LogP contribution is -2.46. The van der Waals surface area contributed by atoms with E-state index >= 15 is 0 Å². The lowest BCUT2D eigenvalue weighted by atomic mass is 9.78. The number of nitriles is 1. The highest BCUT2D eigenvalue weighted by molar-refractivity contribution is 4.97. The third kappa shape index (κ3) is 3.26. The van der Waals surface area contributed by atoms with Gasteiger partial charge in [-0.1, -0.05) is 32.6 Å². The quantitative estimate of drug-likeness (QED) is 0.691. The van der Waals surface area contributed by atoms with E-state index in [2.05, 4.69) is 24.9 Å². The summed E-state index contributed by atoms with van der Waals surface area (Å²) in [6, 6.07) is 3.82. The number of hydrogen-bond acceptors (Lipinski definition) is 2. The van der Waals surface area contributed by atoms with Crippen molar-refractivity contribution in [2.45, 2.75) is 76.8 Å². The van der Waals surface area contributed by atoms with Crippen molar-refractivity contribution in [2.24, 2.45) is 11.8 Å². The molecule has 0 amide bonds. The van der Waals surface area contributed by atoms with Crippen LogP contribution in [0.15, 0.2) is 0 Å². The van der Waals surface area contributed by atoms with E-state index in [1.54, 1.807) is 0 Å². The molecule has 0 saturated heterocycles. The second-order valence-corrected chi connectivity index (χ2v) is 6.53. The van der Waals surface area contributed by atoms with Crippen LogP contribution in [0.3, 0.4) is 0 Å². The van der Waals surface area contributed by atoms with Crippen molar-refractivity contribution in [3.63, 3.8) is 0 Å². The minimum absolute atomic E-state index is 0.273. The normalized spacial score (nSPS) is 35.1. The molecule has 2 fully saturated rings. The molecule has 2 aliphatic carbocycles. The maximum atomic E-state index is 9.37. The summed E-state index contributed by atoms with van der Waals surface area (Å²) in [6.45, 7) is 2.35. The molecule has 2 aliphatic rings. The molecule has 0 radical (unpaired) electrons. The highest BCUT2D eigenvalue weighted by Crippen LogP contribution is 2.34. The molecule has 2 nitrogen and oxygen atoms in total. The van der Waals surface area contributed by atoms with Gasteiger partial charge in [-0.05, 0) is 45.1 Å². The van der Waals surface area contributed by atoms with Gasteiger partial charge in [-0.15, -0.1) is 0 Å². The van der Waals surface area contributed by atoms with E-state index in [0.717, 1.165) is 18.4 Å². The molecule has 0 heterocycles. The molecule has 0 aromatic rings. The highest BCUT2D eigenvalue weighted by atomic mass is 15.2. The van der Waals surface area contributed by atoms with Crippen LogP contribution in [0.4, 0.5) is 0 Å². The van der Waals surface area contributed by atoms with Gasteiger partial charge in [0.05, 0.1) is 12.0 Å². The van der Waals surface area contributed by atoms with E-state index in [1.165, 1.54) is 51.4 Å². The number of nitrogens with zero attached hydrogens (tertiary/aromatic N) is 2. The van der Waals surface area contributed by atoms with Gasteiger partial charge in [-0.3, -0.25) is 4.90 Å². The van der Waals surface area contributed by atoms with Gasteiger partial charge in [0, 0.05) is 12.1 Å². The Balaban J connectivity index is 2.00. The fraction of sp³-hybridized carbons (Fsp3) is 0.938. The van der Waals surface area contributed by atoms with Gasteiger partial charge in [0.1, 0.15) is 0 Å². The first-order chi connectivity index (χ1) is 8.72. The van der Waals surface area contributed by atoms with Crippen LogP contribution >= 0.6 is 0 Å². The zero-order valence-electron chi connectivity index (χ0n) is 12.1. The van der Waals surface area contributed by atoms with Crippen LogP contribution in [0.25, 0.3) is 0 Å². The average Bonchev–Trinajstić information content (AvgIpc) is 2.66. The summed E-state index contributed by atoms with van der Waals surface area (Å²) in [7, 11) is 2.28. The molecule has 2 heteroatoms. The fourth-order valence-electron chi connectivity index (χ4n) is 3.89. The third-order valence-electron chi connectivity index (χ3n) is 5.17. The molecule has 3 atom stereocenters. The van der Waals surface area contributed by atoms with Crippen molar-refractivity contribution < 1.29 is 0 Å². The molecule has 0 aliphatic heterocycles. The Kier molecular flexibility index (Phi) is 5.06. The molecule has 0 N–H and O–H groups in total. The van der Waals surface area contributed by atoms with Gasteiger partial charge in [-0.2, -0.15) is 5.26 Å².